The van der Waals surface area contributed by atoms with Crippen molar-refractivity contribution < 1.29 is 0 Å². The average Bonchev–Trinajstić information content (AvgIpc) is 2.31. The highest BCUT2D eigenvalue weighted by molar-refractivity contribution is 5.63. The van der Waals surface area contributed by atoms with E-state index in [1.165, 1.54) is 23.1 Å². The van der Waals surface area contributed by atoms with Crippen LogP contribution in [0, 0.1) is 6.92 Å². The number of aryl methyl sites for hydroxylation is 1. The molecule has 17 heavy (non-hydrogen) atoms. The molecule has 0 heterocycles. The first-order chi connectivity index (χ1) is 7.77. The van der Waals surface area contributed by atoms with Crippen LogP contribution in [0.5, 0.6) is 0 Å². The second kappa shape index (κ2) is 8.58. The Morgan fingerprint density at radius 1 is 0.765 bits per heavy atom. The molecular weight excluding hydrogens is 204 g/mol. The van der Waals surface area contributed by atoms with E-state index in [9.17, 15) is 0 Å². The van der Waals surface area contributed by atoms with Crippen molar-refractivity contribution in [3.8, 4) is 11.1 Å². The summed E-state index contributed by atoms with van der Waals surface area (Å²) in [6, 6.07) is 19.0. The molecule has 0 radical (unpaired) electrons. The van der Waals surface area contributed by atoms with Gasteiger partial charge in [-0.2, -0.15) is 0 Å². The van der Waals surface area contributed by atoms with Crippen molar-refractivity contribution in [2.45, 2.75) is 34.6 Å². The lowest BCUT2D eigenvalue weighted by Gasteiger charge is -2.01. The Labute approximate surface area is 106 Å². The average molecular weight is 228 g/mol. The summed E-state index contributed by atoms with van der Waals surface area (Å²) >= 11 is 0. The van der Waals surface area contributed by atoms with E-state index in [0.717, 1.165) is 0 Å². The van der Waals surface area contributed by atoms with E-state index in [0.29, 0.717) is 0 Å². The van der Waals surface area contributed by atoms with Crippen molar-refractivity contribution in [3.05, 3.63) is 60.2 Å². The maximum Gasteiger partial charge on any atom is -0.0181 e. The highest BCUT2D eigenvalue weighted by atomic mass is 14.0. The van der Waals surface area contributed by atoms with Crippen molar-refractivity contribution in [1.29, 1.82) is 0 Å². The van der Waals surface area contributed by atoms with Gasteiger partial charge in [0.15, 0.2) is 0 Å². The van der Waals surface area contributed by atoms with E-state index < -0.39 is 0 Å². The van der Waals surface area contributed by atoms with E-state index >= 15 is 0 Å². The summed E-state index contributed by atoms with van der Waals surface area (Å²) in [6.07, 6.45) is 1.25. The number of hydrogen-bond donors (Lipinski definition) is 0. The second-order valence-corrected chi connectivity index (χ2v) is 3.94. The molecule has 2 aromatic rings. The van der Waals surface area contributed by atoms with Gasteiger partial charge in [-0.25, -0.2) is 0 Å². The molecule has 0 saturated carbocycles. The predicted molar refractivity (Wildman–Crippen MR) is 79.3 cm³/mol. The Balaban J connectivity index is 0.000000583. The van der Waals surface area contributed by atoms with E-state index in [2.05, 4.69) is 69.3 Å². The summed E-state index contributed by atoms with van der Waals surface area (Å²) in [7, 11) is 0. The van der Waals surface area contributed by atoms with Gasteiger partial charge >= 0.3 is 0 Å². The molecule has 0 N–H and O–H groups in total. The summed E-state index contributed by atoms with van der Waals surface area (Å²) in [5.74, 6) is 0. The SMILES string of the molecule is C.CCC.Cc1cccc(-c2ccccc2)c1. The van der Waals surface area contributed by atoms with Gasteiger partial charge < -0.3 is 0 Å². The Morgan fingerprint density at radius 3 is 1.82 bits per heavy atom. The molecule has 0 unspecified atom stereocenters. The first-order valence-electron chi connectivity index (χ1n) is 5.90. The fourth-order valence-corrected chi connectivity index (χ4v) is 1.46. The molecule has 0 saturated heterocycles. The van der Waals surface area contributed by atoms with Gasteiger partial charge in [0.1, 0.15) is 0 Å². The molecule has 0 amide bonds. The zero-order valence-corrected chi connectivity index (χ0v) is 10.4. The lowest BCUT2D eigenvalue weighted by molar-refractivity contribution is 1.09. The van der Waals surface area contributed by atoms with E-state index in [-0.39, 0.29) is 7.43 Å². The topological polar surface area (TPSA) is 0 Å². The van der Waals surface area contributed by atoms with Gasteiger partial charge in [-0.15, -0.1) is 0 Å². The van der Waals surface area contributed by atoms with Crippen molar-refractivity contribution in [3.63, 3.8) is 0 Å². The molecule has 0 aliphatic rings. The molecule has 92 valence electrons. The summed E-state index contributed by atoms with van der Waals surface area (Å²) in [5.41, 5.74) is 3.88. The smallest absolute Gasteiger partial charge is 0.0181 e. The van der Waals surface area contributed by atoms with Crippen LogP contribution in [0.4, 0.5) is 0 Å². The van der Waals surface area contributed by atoms with Gasteiger partial charge in [-0.3, -0.25) is 0 Å². The quantitative estimate of drug-likeness (QED) is 0.586. The molecule has 0 aromatic heterocycles. The van der Waals surface area contributed by atoms with Crippen LogP contribution in [-0.4, -0.2) is 0 Å². The highest BCUT2D eigenvalue weighted by Gasteiger charge is 1.94. The van der Waals surface area contributed by atoms with Crippen molar-refractivity contribution in [1.82, 2.24) is 0 Å². The van der Waals surface area contributed by atoms with Crippen LogP contribution in [0.2, 0.25) is 0 Å². The van der Waals surface area contributed by atoms with Crippen LogP contribution < -0.4 is 0 Å². The third-order valence-corrected chi connectivity index (χ3v) is 2.13. The van der Waals surface area contributed by atoms with E-state index in [4.69, 9.17) is 0 Å². The lowest BCUT2D eigenvalue weighted by atomic mass is 10.0. The third-order valence-electron chi connectivity index (χ3n) is 2.13. The fraction of sp³-hybridized carbons (Fsp3) is 0.294. The molecule has 0 aliphatic carbocycles. The second-order valence-electron chi connectivity index (χ2n) is 3.94. The Bertz CT molecular complexity index is 401. The van der Waals surface area contributed by atoms with Crippen LogP contribution >= 0.6 is 0 Å². The van der Waals surface area contributed by atoms with Gasteiger partial charge in [-0.1, -0.05) is 87.9 Å². The Morgan fingerprint density at radius 2 is 1.29 bits per heavy atom. The molecule has 0 heteroatoms. The molecule has 0 spiro atoms. The maximum atomic E-state index is 2.20. The van der Waals surface area contributed by atoms with E-state index in [1.807, 2.05) is 6.07 Å². The van der Waals surface area contributed by atoms with E-state index in [1.54, 1.807) is 0 Å². The van der Waals surface area contributed by atoms with Gasteiger partial charge in [0.2, 0.25) is 0 Å². The Hall–Kier alpha value is -1.56. The van der Waals surface area contributed by atoms with Crippen molar-refractivity contribution in [2.75, 3.05) is 0 Å². The molecule has 0 bridgehead atoms. The maximum absolute atomic E-state index is 2.20. The first kappa shape index (κ1) is 15.4. The zero-order chi connectivity index (χ0) is 11.8. The summed E-state index contributed by atoms with van der Waals surface area (Å²) in [5, 5.41) is 0. The number of benzene rings is 2. The highest BCUT2D eigenvalue weighted by Crippen LogP contribution is 2.19. The zero-order valence-electron chi connectivity index (χ0n) is 10.4. The summed E-state index contributed by atoms with van der Waals surface area (Å²) in [4.78, 5) is 0. The molecule has 2 rings (SSSR count). The number of hydrogen-bond acceptors (Lipinski definition) is 0. The van der Waals surface area contributed by atoms with Crippen LogP contribution in [0.15, 0.2) is 54.6 Å². The standard InChI is InChI=1S/C13H12.C3H8.CH4/c1-11-6-5-9-13(10-11)12-7-3-2-4-8-12;1-3-2;/h2-10H,1H3;3H2,1-2H3;1H4. The van der Waals surface area contributed by atoms with Crippen LogP contribution in [0.25, 0.3) is 11.1 Å². The van der Waals surface area contributed by atoms with Crippen LogP contribution in [0.3, 0.4) is 0 Å². The molecular formula is C17H24. The molecule has 0 nitrogen and oxygen atoms in total. The minimum Gasteiger partial charge on any atom is -0.0776 e. The summed E-state index contributed by atoms with van der Waals surface area (Å²) in [6.45, 7) is 6.37. The van der Waals surface area contributed by atoms with Crippen molar-refractivity contribution in [2.24, 2.45) is 0 Å². The minimum absolute atomic E-state index is 0. The van der Waals surface area contributed by atoms with Crippen LogP contribution in [-0.2, 0) is 0 Å². The van der Waals surface area contributed by atoms with Crippen molar-refractivity contribution >= 4 is 0 Å². The largest absolute Gasteiger partial charge is 0.0776 e. The third kappa shape index (κ3) is 5.35. The monoisotopic (exact) mass is 228 g/mol. The molecule has 0 fully saturated rings. The Kier molecular flexibility index (Phi) is 7.79. The summed E-state index contributed by atoms with van der Waals surface area (Å²) < 4.78 is 0. The minimum atomic E-state index is 0. The first-order valence-corrected chi connectivity index (χ1v) is 5.90. The van der Waals surface area contributed by atoms with Gasteiger partial charge in [0, 0.05) is 0 Å². The number of rotatable bonds is 1. The molecule has 0 aliphatic heterocycles. The lowest BCUT2D eigenvalue weighted by Crippen LogP contribution is -1.77. The molecule has 0 atom stereocenters. The van der Waals surface area contributed by atoms with Crippen LogP contribution in [0.1, 0.15) is 33.3 Å². The molecule has 2 aromatic carbocycles. The predicted octanol–water partition coefficient (Wildman–Crippen LogP) is 5.71. The normalized spacial score (nSPS) is 8.65. The van der Waals surface area contributed by atoms with Gasteiger partial charge in [0.25, 0.3) is 0 Å². The van der Waals surface area contributed by atoms with Gasteiger partial charge in [-0.05, 0) is 18.1 Å². The fourth-order valence-electron chi connectivity index (χ4n) is 1.46. The van der Waals surface area contributed by atoms with Gasteiger partial charge in [0.05, 0.1) is 0 Å².